The molecule has 0 aromatic carbocycles. The summed E-state index contributed by atoms with van der Waals surface area (Å²) in [7, 11) is 0. The Morgan fingerprint density at radius 3 is 2.78 bits per heavy atom. The lowest BCUT2D eigenvalue weighted by Crippen LogP contribution is -2.39. The second-order valence-corrected chi connectivity index (χ2v) is 8.02. The second kappa shape index (κ2) is 8.05. The largest absolute Gasteiger partial charge is 0.456 e. The maximum Gasteiger partial charge on any atom is 0.338 e. The van der Waals surface area contributed by atoms with Gasteiger partial charge in [-0.15, -0.1) is 0 Å². The molecule has 1 saturated heterocycles. The van der Waals surface area contributed by atoms with Crippen LogP contribution in [0, 0.1) is 0 Å². The molecule has 2 heterocycles. The van der Waals surface area contributed by atoms with Crippen molar-refractivity contribution in [3.63, 3.8) is 0 Å². The van der Waals surface area contributed by atoms with Gasteiger partial charge in [-0.1, -0.05) is 18.2 Å². The summed E-state index contributed by atoms with van der Waals surface area (Å²) < 4.78 is 5.42. The highest BCUT2D eigenvalue weighted by atomic mass is 16.6. The minimum atomic E-state index is -0.489. The molecule has 0 saturated carbocycles. The van der Waals surface area contributed by atoms with E-state index < -0.39 is 5.60 Å². The van der Waals surface area contributed by atoms with Gasteiger partial charge in [0.2, 0.25) is 0 Å². The summed E-state index contributed by atoms with van der Waals surface area (Å²) in [5, 5.41) is 3.08. The first-order valence-electron chi connectivity index (χ1n) is 9.38. The van der Waals surface area contributed by atoms with Crippen LogP contribution in [0.4, 0.5) is 0 Å². The predicted octanol–water partition coefficient (Wildman–Crippen LogP) is 2.48. The zero-order valence-corrected chi connectivity index (χ0v) is 16.1. The third-order valence-corrected chi connectivity index (χ3v) is 4.66. The second-order valence-electron chi connectivity index (χ2n) is 8.02. The Hall–Kier alpha value is -2.47. The van der Waals surface area contributed by atoms with Gasteiger partial charge in [-0.25, -0.2) is 4.79 Å². The molecule has 144 valence electrons. The van der Waals surface area contributed by atoms with Crippen molar-refractivity contribution >= 4 is 11.9 Å². The first-order valence-corrected chi connectivity index (χ1v) is 9.38. The lowest BCUT2D eigenvalue weighted by molar-refractivity contribution is -0.149. The SMILES string of the molecule is CC(C)(C)OC(=O)C1=CCC(N2CC[C@H](NC(=O)c3cccnc3)C2)C=C1. The lowest BCUT2D eigenvalue weighted by atomic mass is 10.0. The topological polar surface area (TPSA) is 71.5 Å². The van der Waals surface area contributed by atoms with Crippen molar-refractivity contribution in [2.45, 2.75) is 51.3 Å². The van der Waals surface area contributed by atoms with E-state index >= 15 is 0 Å². The minimum Gasteiger partial charge on any atom is -0.456 e. The van der Waals surface area contributed by atoms with Crippen molar-refractivity contribution in [3.8, 4) is 0 Å². The van der Waals surface area contributed by atoms with E-state index in [4.69, 9.17) is 4.74 Å². The van der Waals surface area contributed by atoms with E-state index in [9.17, 15) is 9.59 Å². The monoisotopic (exact) mass is 369 g/mol. The molecule has 0 spiro atoms. The van der Waals surface area contributed by atoms with E-state index in [0.717, 1.165) is 25.9 Å². The van der Waals surface area contributed by atoms with Gasteiger partial charge in [-0.2, -0.15) is 0 Å². The third kappa shape index (κ3) is 5.26. The van der Waals surface area contributed by atoms with E-state index in [-0.39, 0.29) is 24.0 Å². The van der Waals surface area contributed by atoms with Crippen LogP contribution in [-0.4, -0.2) is 52.5 Å². The Labute approximate surface area is 160 Å². The summed E-state index contributed by atoms with van der Waals surface area (Å²) in [5.74, 6) is -0.360. The van der Waals surface area contributed by atoms with Gasteiger partial charge in [0.05, 0.1) is 11.1 Å². The maximum absolute atomic E-state index is 12.3. The molecule has 1 aromatic rings. The maximum atomic E-state index is 12.3. The molecule has 0 bridgehead atoms. The van der Waals surface area contributed by atoms with E-state index in [1.807, 2.05) is 32.9 Å². The average molecular weight is 369 g/mol. The molecule has 6 nitrogen and oxygen atoms in total. The molecule has 1 aliphatic carbocycles. The molecule has 1 fully saturated rings. The van der Waals surface area contributed by atoms with Crippen LogP contribution in [0.3, 0.4) is 0 Å². The molecule has 1 amide bonds. The standard InChI is InChI=1S/C21H27N3O3/c1-21(2,3)27-20(26)15-6-8-18(9-7-15)24-12-10-17(14-24)23-19(25)16-5-4-11-22-13-16/h4-8,11,13,17-18H,9-10,12,14H2,1-3H3,(H,23,25)/t17-,18?/m0/s1. The minimum absolute atomic E-state index is 0.0822. The fourth-order valence-electron chi connectivity index (χ4n) is 3.34. The fourth-order valence-corrected chi connectivity index (χ4v) is 3.34. The lowest BCUT2D eigenvalue weighted by Gasteiger charge is -2.27. The van der Waals surface area contributed by atoms with Gasteiger partial charge in [0.15, 0.2) is 0 Å². The first-order chi connectivity index (χ1) is 12.8. The number of nitrogens with zero attached hydrogens (tertiary/aromatic N) is 2. The van der Waals surface area contributed by atoms with Crippen LogP contribution in [-0.2, 0) is 9.53 Å². The number of pyridine rings is 1. The highest BCUT2D eigenvalue weighted by molar-refractivity contribution is 5.94. The molecule has 2 atom stereocenters. The number of hydrogen-bond donors (Lipinski definition) is 1. The van der Waals surface area contributed by atoms with Crippen molar-refractivity contribution in [2.75, 3.05) is 13.1 Å². The molecule has 1 aliphatic heterocycles. The zero-order chi connectivity index (χ0) is 19.4. The summed E-state index contributed by atoms with van der Waals surface area (Å²) >= 11 is 0. The molecule has 1 unspecified atom stereocenters. The van der Waals surface area contributed by atoms with Gasteiger partial charge in [-0.05, 0) is 45.7 Å². The highest BCUT2D eigenvalue weighted by Crippen LogP contribution is 2.22. The molecule has 6 heteroatoms. The van der Waals surface area contributed by atoms with Crippen LogP contribution in [0.15, 0.2) is 48.3 Å². The number of rotatable bonds is 4. The van der Waals surface area contributed by atoms with Gasteiger partial charge in [-0.3, -0.25) is 14.7 Å². The van der Waals surface area contributed by atoms with Crippen molar-refractivity contribution < 1.29 is 14.3 Å². The van der Waals surface area contributed by atoms with Crippen LogP contribution < -0.4 is 5.32 Å². The van der Waals surface area contributed by atoms with Gasteiger partial charge in [0.1, 0.15) is 5.60 Å². The van der Waals surface area contributed by atoms with Gasteiger partial charge in [0.25, 0.3) is 5.91 Å². The first kappa shape index (κ1) is 19.3. The number of nitrogens with one attached hydrogen (secondary N) is 1. The Balaban J connectivity index is 1.50. The highest BCUT2D eigenvalue weighted by Gasteiger charge is 2.29. The van der Waals surface area contributed by atoms with Crippen LogP contribution in [0.2, 0.25) is 0 Å². The Kier molecular flexibility index (Phi) is 5.75. The number of hydrogen-bond acceptors (Lipinski definition) is 5. The zero-order valence-electron chi connectivity index (χ0n) is 16.1. The molecule has 1 N–H and O–H groups in total. The number of likely N-dealkylation sites (tertiary alicyclic amines) is 1. The fraction of sp³-hybridized carbons (Fsp3) is 0.476. The summed E-state index contributed by atoms with van der Waals surface area (Å²) in [4.78, 5) is 30.7. The number of carbonyl (C=O) groups excluding carboxylic acids is 2. The van der Waals surface area contributed by atoms with Gasteiger partial charge in [0, 0.05) is 37.6 Å². The molecule has 1 aromatic heterocycles. The Morgan fingerprint density at radius 1 is 1.33 bits per heavy atom. The molecule has 2 aliphatic rings. The number of amides is 1. The Morgan fingerprint density at radius 2 is 2.15 bits per heavy atom. The molecule has 27 heavy (non-hydrogen) atoms. The number of carbonyl (C=O) groups is 2. The van der Waals surface area contributed by atoms with Crippen molar-refractivity contribution in [3.05, 3.63) is 53.9 Å². The smallest absolute Gasteiger partial charge is 0.338 e. The predicted molar refractivity (Wildman–Crippen MR) is 103 cm³/mol. The number of ether oxygens (including phenoxy) is 1. The normalized spacial score (nSPS) is 23.0. The van der Waals surface area contributed by atoms with Crippen molar-refractivity contribution in [1.29, 1.82) is 0 Å². The quantitative estimate of drug-likeness (QED) is 0.826. The van der Waals surface area contributed by atoms with Crippen molar-refractivity contribution in [1.82, 2.24) is 15.2 Å². The van der Waals surface area contributed by atoms with Crippen LogP contribution in [0.25, 0.3) is 0 Å². The van der Waals surface area contributed by atoms with Crippen LogP contribution >= 0.6 is 0 Å². The third-order valence-electron chi connectivity index (χ3n) is 4.66. The average Bonchev–Trinajstić information content (AvgIpc) is 3.09. The summed E-state index contributed by atoms with van der Waals surface area (Å²) in [5.41, 5.74) is 0.706. The summed E-state index contributed by atoms with van der Waals surface area (Å²) in [6.07, 6.45) is 10.8. The van der Waals surface area contributed by atoms with Crippen LogP contribution in [0.1, 0.15) is 44.0 Å². The van der Waals surface area contributed by atoms with E-state index in [0.29, 0.717) is 11.1 Å². The number of aromatic nitrogens is 1. The Bertz CT molecular complexity index is 750. The van der Waals surface area contributed by atoms with E-state index in [1.165, 1.54) is 0 Å². The number of esters is 1. The molecular formula is C21H27N3O3. The summed E-state index contributed by atoms with van der Waals surface area (Å²) in [6.45, 7) is 7.32. The van der Waals surface area contributed by atoms with E-state index in [2.05, 4.69) is 21.3 Å². The van der Waals surface area contributed by atoms with Crippen LogP contribution in [0.5, 0.6) is 0 Å². The molecule has 3 rings (SSSR count). The van der Waals surface area contributed by atoms with Gasteiger partial charge >= 0.3 is 5.97 Å². The van der Waals surface area contributed by atoms with Gasteiger partial charge < -0.3 is 10.1 Å². The summed E-state index contributed by atoms with van der Waals surface area (Å²) in [6, 6.07) is 3.90. The van der Waals surface area contributed by atoms with E-state index in [1.54, 1.807) is 24.5 Å². The molecular weight excluding hydrogens is 342 g/mol. The van der Waals surface area contributed by atoms with Crippen molar-refractivity contribution in [2.24, 2.45) is 0 Å². The molecule has 0 radical (unpaired) electrons.